The van der Waals surface area contributed by atoms with Gasteiger partial charge in [-0.1, -0.05) is 119 Å². The van der Waals surface area contributed by atoms with Crippen LogP contribution in [-0.2, 0) is 0 Å². The van der Waals surface area contributed by atoms with Crippen LogP contribution in [0.15, 0.2) is 91.0 Å². The summed E-state index contributed by atoms with van der Waals surface area (Å²) in [4.78, 5) is 61.4. The van der Waals surface area contributed by atoms with E-state index in [2.05, 4.69) is 53.2 Å². The van der Waals surface area contributed by atoms with Crippen LogP contribution in [0.25, 0.3) is 0 Å². The zero-order valence-corrected chi connectivity index (χ0v) is 82.0. The number of amides is 10. The number of nitrogens with one attached hydrogen (secondary N) is 10. The van der Waals surface area contributed by atoms with Gasteiger partial charge in [-0.2, -0.15) is 0 Å². The van der Waals surface area contributed by atoms with Crippen LogP contribution in [0.3, 0.4) is 0 Å². The van der Waals surface area contributed by atoms with E-state index in [1.54, 1.807) is 78.1 Å². The molecule has 0 radical (unpaired) electrons. The van der Waals surface area contributed by atoms with Crippen LogP contribution in [0.5, 0.6) is 0 Å². The molecule has 25 nitrogen and oxygen atoms in total. The van der Waals surface area contributed by atoms with Crippen LogP contribution in [-0.4, -0.2) is 283 Å². The quantitative estimate of drug-likeness (QED) is 0.0262. The van der Waals surface area contributed by atoms with Crippen molar-refractivity contribution in [1.29, 1.82) is 0 Å². The SMILES string of the molecule is [2H]C([2H])(CC1CCC(NC(=O)NC)CC1)N1C([2H])([2H])C([2H])([2H])N(c2cccc(C)c2Cl)C([2H])([2H])C1([2H])[2H].[2H]C([2H])(CC1CCC(NC(=O)NC)CC1)N1C([2H])([2H])C([2H])([2H])N(c2cccc(C)c2Cl)C([2H])([2H])C1([2H])[2H].[2H]C([2H])(CN1C([2H])([2H])C([2H])([2H])N(c2cccc(C)c2Cl)C([2H])([2H])C1([2H])[2H])C1CCC(NC(=O)NC)CC1.[2H]C([2H])(CN1C([2H])([2H])C([2H])([2H])N(c2cccc(C)c2Cl)C([2H])([2H])C1([2H])[2H])C1CCC(NC(=O)NC)CC1.[2H]C1([2H])N(CCC2CCC(NC(=O)NC)CC2)C([2H])([2H])C([2H])([2H])N(c2cccc(C)c2Cl)C1([2H])[2H]. The van der Waals surface area contributed by atoms with Gasteiger partial charge in [0.15, 0.2) is 0 Å². The molecule has 10 aliphatic rings. The molecule has 10 N–H and O–H groups in total. The molecule has 30 heteroatoms. The number of hydrogen-bond donors (Lipinski definition) is 10. The minimum absolute atomic E-state index is 0.0345. The third-order valence-corrected chi connectivity index (χ3v) is 27.1. The van der Waals surface area contributed by atoms with Gasteiger partial charge in [-0.15, -0.1) is 0 Å². The Morgan fingerprint density at radius 2 is 0.452 bits per heavy atom. The zero-order chi connectivity index (χ0) is 139. The summed E-state index contributed by atoms with van der Waals surface area (Å²) in [6.45, 7) is -62.2. The standard InChI is InChI=1S/5C21H33ClN4O/c5*1-16-4-3-5-19(20(16)22)26-14-12-25(13-15-26)11-10-17-6-8-18(9-7-17)24-21(27)23-2/h5*3-5,17-18H,6-15H2,1-2H3,(H2,23,24,27)/i2*11D2,12D2,13D2,14D2,15D2;2*10D2,12D2,13D2,14D2,15D2;12D2,13D2,14D2,15D2. The van der Waals surface area contributed by atoms with Gasteiger partial charge in [0, 0.05) is 234 Å². The summed E-state index contributed by atoms with van der Waals surface area (Å²) in [5.41, 5.74) is 1.47. The first-order valence-corrected chi connectivity index (χ1v) is 47.9. The molecule has 5 aromatic carbocycles. The Labute approximate surface area is 902 Å². The number of urea groups is 5. The predicted molar refractivity (Wildman–Crippen MR) is 564 cm³/mol. The normalized spacial score (nSPS) is 37.0. The van der Waals surface area contributed by atoms with Gasteiger partial charge in [0.1, 0.15) is 0 Å². The average molecular weight is 2010 g/mol. The lowest BCUT2D eigenvalue weighted by molar-refractivity contribution is 0.205. The number of carbonyl (C=O) groups is 5. The van der Waals surface area contributed by atoms with Gasteiger partial charge in [-0.25, -0.2) is 24.0 Å². The summed E-state index contributed by atoms with van der Waals surface area (Å²) in [6, 6.07) is 20.1. The van der Waals surface area contributed by atoms with E-state index in [-0.39, 0.29) is 161 Å². The van der Waals surface area contributed by atoms with Crippen molar-refractivity contribution in [3.63, 3.8) is 0 Å². The maximum Gasteiger partial charge on any atom is 0.314 e. The van der Waals surface area contributed by atoms with E-state index in [9.17, 15) is 24.0 Å². The smallest absolute Gasteiger partial charge is 0.314 e. The van der Waals surface area contributed by atoms with Crippen LogP contribution >= 0.6 is 58.0 Å². The van der Waals surface area contributed by atoms with E-state index in [0.29, 0.717) is 176 Å². The van der Waals surface area contributed by atoms with Crippen molar-refractivity contribution in [3.05, 3.63) is 144 Å². The van der Waals surface area contributed by atoms with Crippen molar-refractivity contribution in [2.45, 2.75) is 225 Å². The molecular formula is C105H165Cl5N20O5. The number of aryl methyl sites for hydroxylation is 5. The van der Waals surface area contributed by atoms with Gasteiger partial charge in [-0.05, 0) is 315 Å². The summed E-state index contributed by atoms with van der Waals surface area (Å²) in [7, 11) is 7.53. The predicted octanol–water partition coefficient (Wildman–Crippen LogP) is 18.2. The maximum absolute atomic E-state index is 11.6. The van der Waals surface area contributed by atoms with E-state index in [1.165, 1.54) is 82.8 Å². The second-order valence-electron chi connectivity index (χ2n) is 34.2. The van der Waals surface area contributed by atoms with Gasteiger partial charge >= 0.3 is 30.2 Å². The molecule has 5 aliphatic carbocycles. The molecule has 5 saturated heterocycles. The average Bonchev–Trinajstić information content (AvgIpc) is 0.670. The van der Waals surface area contributed by atoms with Gasteiger partial charge < -0.3 is 77.7 Å². The lowest BCUT2D eigenvalue weighted by atomic mass is 9.84. The Morgan fingerprint density at radius 3 is 0.659 bits per heavy atom. The molecule has 135 heavy (non-hydrogen) atoms. The first kappa shape index (κ1) is 59.4. The Kier molecular flexibility index (Phi) is 25.0. The van der Waals surface area contributed by atoms with Gasteiger partial charge in [0.05, 0.1) is 81.0 Å². The van der Waals surface area contributed by atoms with Gasteiger partial charge in [0.25, 0.3) is 0 Å². The second kappa shape index (κ2) is 56.8. The van der Waals surface area contributed by atoms with Crippen LogP contribution in [0.4, 0.5) is 52.4 Å². The van der Waals surface area contributed by atoms with E-state index < -0.39 is 181 Å². The fourth-order valence-electron chi connectivity index (χ4n) is 16.4. The molecule has 10 amide bonds. The molecule has 750 valence electrons. The number of rotatable bonds is 25. The molecular weight excluding hydrogens is 1800 g/mol. The number of benzene rings is 5. The first-order valence-electron chi connectivity index (χ1n) is 70.0. The van der Waals surface area contributed by atoms with Crippen molar-refractivity contribution in [2.75, 3.05) is 222 Å². The topological polar surface area (TPSA) is 238 Å². The highest BCUT2D eigenvalue weighted by Crippen LogP contribution is 2.39. The monoisotopic (exact) mass is 2010 g/mol. The van der Waals surface area contributed by atoms with E-state index in [4.69, 9.17) is 124 Å². The summed E-state index contributed by atoms with van der Waals surface area (Å²) in [5.74, 6) is -1.72. The largest absolute Gasteiger partial charge is 0.368 e. The molecule has 0 bridgehead atoms. The van der Waals surface area contributed by atoms with Gasteiger partial charge in [-0.3, -0.25) is 24.5 Å². The van der Waals surface area contributed by atoms with E-state index >= 15 is 0 Å². The molecule has 0 aromatic heterocycles. The van der Waals surface area contributed by atoms with Crippen molar-refractivity contribution >= 4 is 117 Å². The molecule has 15 rings (SSSR count). The zero-order valence-electron chi connectivity index (χ0n) is 126. The van der Waals surface area contributed by atoms with Crippen LogP contribution < -0.4 is 77.7 Å². The number of halogens is 5. The molecule has 5 heterocycles. The Balaban J connectivity index is 0.000000212. The van der Waals surface area contributed by atoms with Crippen molar-refractivity contribution < 1.29 is 89.8 Å². The number of carbonyl (C=O) groups excluding carboxylic acids is 5. The molecule has 5 aromatic rings. The summed E-state index contributed by atoms with van der Waals surface area (Å²) in [6.07, 6.45) is 5.71. The highest BCUT2D eigenvalue weighted by Gasteiger charge is 2.33. The van der Waals surface area contributed by atoms with E-state index in [0.717, 1.165) is 25.7 Å². The Hall–Kier alpha value is -7.30. The van der Waals surface area contributed by atoms with Crippen molar-refractivity contribution in [3.8, 4) is 0 Å². The highest BCUT2D eigenvalue weighted by atomic mass is 35.5. The van der Waals surface area contributed by atoms with E-state index in [1.807, 2.05) is 0 Å². The molecule has 0 spiro atoms. The summed E-state index contributed by atoms with van der Waals surface area (Å²) >= 11 is 31.7. The fraction of sp³-hybridized carbons (Fsp3) is 0.667. The molecule has 10 fully saturated rings. The van der Waals surface area contributed by atoms with Crippen molar-refractivity contribution in [2.24, 2.45) is 29.6 Å². The van der Waals surface area contributed by atoms with Gasteiger partial charge in [0.2, 0.25) is 0 Å². The van der Waals surface area contributed by atoms with Crippen LogP contribution in [0.2, 0.25) is 25.1 Å². The molecule has 0 unspecified atom stereocenters. The molecule has 0 atom stereocenters. The number of hydrogen-bond acceptors (Lipinski definition) is 15. The van der Waals surface area contributed by atoms with Crippen molar-refractivity contribution in [1.82, 2.24) is 77.7 Å². The summed E-state index contributed by atoms with van der Waals surface area (Å²) < 4.78 is 416. The lowest BCUT2D eigenvalue weighted by Crippen LogP contribution is -2.47. The van der Waals surface area contributed by atoms with Crippen LogP contribution in [0, 0.1) is 64.2 Å². The maximum atomic E-state index is 11.6. The number of piperazine rings is 5. The highest BCUT2D eigenvalue weighted by molar-refractivity contribution is 6.35. The minimum atomic E-state index is -3.31. The Bertz CT molecular complexity index is 6380. The minimum Gasteiger partial charge on any atom is -0.368 e. The fourth-order valence-corrected chi connectivity index (χ4v) is 17.4. The number of nitrogens with zero attached hydrogens (tertiary/aromatic N) is 10. The third kappa shape index (κ3) is 34.9. The second-order valence-corrected chi connectivity index (χ2v) is 36.1. The van der Waals surface area contributed by atoms with Crippen LogP contribution in [0.1, 0.15) is 254 Å². The molecule has 5 saturated carbocycles. The summed E-state index contributed by atoms with van der Waals surface area (Å²) in [5, 5.41) is 26.3. The lowest BCUT2D eigenvalue weighted by Gasteiger charge is -2.37. The number of anilines is 5. The third-order valence-electron chi connectivity index (χ3n) is 24.7. The first-order chi connectivity index (χ1) is 83.4. The molecule has 5 aliphatic heterocycles. The Morgan fingerprint density at radius 1 is 0.267 bits per heavy atom.